The van der Waals surface area contributed by atoms with Crippen molar-refractivity contribution in [2.24, 2.45) is 15.3 Å². The van der Waals surface area contributed by atoms with Crippen molar-refractivity contribution in [2.75, 3.05) is 31.2 Å². The van der Waals surface area contributed by atoms with Gasteiger partial charge in [-0.3, -0.25) is 14.4 Å². The van der Waals surface area contributed by atoms with Crippen molar-refractivity contribution in [3.8, 4) is 17.2 Å². The van der Waals surface area contributed by atoms with Crippen molar-refractivity contribution >= 4 is 75.4 Å². The molecular formula is C42H45Cl3N6O6. The van der Waals surface area contributed by atoms with E-state index in [2.05, 4.69) is 51.9 Å². The molecule has 2 N–H and O–H groups in total. The molecule has 0 bridgehead atoms. The smallest absolute Gasteiger partial charge is 0.282 e. The van der Waals surface area contributed by atoms with Crippen molar-refractivity contribution in [1.29, 1.82) is 0 Å². The second kappa shape index (κ2) is 20.8. The van der Waals surface area contributed by atoms with Gasteiger partial charge in [-0.25, -0.2) is 0 Å². The van der Waals surface area contributed by atoms with Crippen LogP contribution in [0.2, 0.25) is 15.1 Å². The number of hydrazone groups is 1. The Morgan fingerprint density at radius 2 is 1.51 bits per heavy atom. The highest BCUT2D eigenvalue weighted by Crippen LogP contribution is 2.39. The first-order valence-corrected chi connectivity index (χ1v) is 19.8. The van der Waals surface area contributed by atoms with Crippen molar-refractivity contribution in [3.63, 3.8) is 0 Å². The van der Waals surface area contributed by atoms with Gasteiger partial charge in [-0.1, -0.05) is 92.5 Å². The number of hydrogen-bond acceptors (Lipinski definition) is 9. The SMILES string of the molecule is CCCCCc1ccc(OCC(=O)Nc2cccc(C(=O)NC3=NN(c4c(Cl)cc(Cl)cc4Cl)C(=O)C3N=Nc3ccc(OC)c(OC)c3)c2)c(CCCCC)c1. The second-order valence-corrected chi connectivity index (χ2v) is 14.5. The molecule has 0 saturated heterocycles. The zero-order valence-electron chi connectivity index (χ0n) is 32.2. The van der Waals surface area contributed by atoms with Gasteiger partial charge in [0.1, 0.15) is 11.4 Å². The van der Waals surface area contributed by atoms with Crippen molar-refractivity contribution < 1.29 is 28.6 Å². The molecule has 5 rings (SSSR count). The third kappa shape index (κ3) is 11.5. The second-order valence-electron chi connectivity index (χ2n) is 13.2. The van der Waals surface area contributed by atoms with Crippen LogP contribution in [0, 0.1) is 0 Å². The van der Waals surface area contributed by atoms with Crippen LogP contribution in [0.5, 0.6) is 17.2 Å². The van der Waals surface area contributed by atoms with E-state index >= 15 is 0 Å². The monoisotopic (exact) mass is 834 g/mol. The van der Waals surface area contributed by atoms with Gasteiger partial charge >= 0.3 is 0 Å². The maximum atomic E-state index is 13.8. The summed E-state index contributed by atoms with van der Waals surface area (Å²) < 4.78 is 16.7. The normalized spacial score (nSPS) is 13.8. The molecule has 0 spiro atoms. The number of amides is 3. The zero-order valence-corrected chi connectivity index (χ0v) is 34.5. The number of amidine groups is 1. The van der Waals surface area contributed by atoms with Gasteiger partial charge in [-0.2, -0.15) is 15.2 Å². The molecule has 1 unspecified atom stereocenters. The summed E-state index contributed by atoms with van der Waals surface area (Å²) in [6, 6.07) is 18.8. The van der Waals surface area contributed by atoms with Gasteiger partial charge in [0.2, 0.25) is 6.04 Å². The minimum absolute atomic E-state index is 0.0474. The molecule has 0 saturated carbocycles. The van der Waals surface area contributed by atoms with E-state index in [0.717, 1.165) is 55.5 Å². The number of nitrogens with zero attached hydrogens (tertiary/aromatic N) is 4. The Bertz CT molecular complexity index is 2120. The Kier molecular flexibility index (Phi) is 15.7. The van der Waals surface area contributed by atoms with Gasteiger partial charge in [0.25, 0.3) is 17.7 Å². The van der Waals surface area contributed by atoms with E-state index in [1.165, 1.54) is 44.4 Å². The predicted molar refractivity (Wildman–Crippen MR) is 225 cm³/mol. The average molecular weight is 836 g/mol. The molecule has 4 aromatic rings. The summed E-state index contributed by atoms with van der Waals surface area (Å²) in [6.45, 7) is 4.14. The maximum Gasteiger partial charge on any atom is 0.282 e. The topological polar surface area (TPSA) is 143 Å². The van der Waals surface area contributed by atoms with E-state index in [4.69, 9.17) is 49.0 Å². The number of halogens is 3. The summed E-state index contributed by atoms with van der Waals surface area (Å²) >= 11 is 19.0. The number of benzene rings is 4. The lowest BCUT2D eigenvalue weighted by molar-refractivity contribution is -0.118. The molecule has 3 amide bonds. The van der Waals surface area contributed by atoms with Crippen LogP contribution >= 0.6 is 34.8 Å². The summed E-state index contributed by atoms with van der Waals surface area (Å²) in [4.78, 5) is 40.6. The van der Waals surface area contributed by atoms with E-state index in [0.29, 0.717) is 28.6 Å². The van der Waals surface area contributed by atoms with Crippen LogP contribution < -0.4 is 29.9 Å². The van der Waals surface area contributed by atoms with Gasteiger partial charge in [-0.05, 0) is 85.3 Å². The summed E-state index contributed by atoms with van der Waals surface area (Å²) in [7, 11) is 2.98. The fraction of sp³-hybridized carbons (Fsp3) is 0.333. The number of unbranched alkanes of at least 4 members (excludes halogenated alkanes) is 4. The molecule has 1 atom stereocenters. The van der Waals surface area contributed by atoms with Crippen molar-refractivity contribution in [2.45, 2.75) is 71.3 Å². The lowest BCUT2D eigenvalue weighted by atomic mass is 10.0. The first-order valence-electron chi connectivity index (χ1n) is 18.7. The third-order valence-electron chi connectivity index (χ3n) is 9.01. The molecular weight excluding hydrogens is 791 g/mol. The first kappa shape index (κ1) is 43.0. The summed E-state index contributed by atoms with van der Waals surface area (Å²) in [5.41, 5.74) is 3.28. The number of carbonyl (C=O) groups excluding carboxylic acids is 3. The van der Waals surface area contributed by atoms with Crippen LogP contribution in [-0.4, -0.2) is 50.4 Å². The summed E-state index contributed by atoms with van der Waals surface area (Å²) in [6.07, 6.45) is 8.62. The molecule has 0 fully saturated rings. The average Bonchev–Trinajstić information content (AvgIpc) is 3.49. The van der Waals surface area contributed by atoms with Crippen LogP contribution in [0.1, 0.15) is 73.9 Å². The summed E-state index contributed by atoms with van der Waals surface area (Å²) in [5.74, 6) is -0.311. The number of azo groups is 1. The van der Waals surface area contributed by atoms with E-state index < -0.39 is 23.8 Å². The Morgan fingerprint density at radius 1 is 0.807 bits per heavy atom. The minimum atomic E-state index is -1.40. The number of rotatable bonds is 18. The van der Waals surface area contributed by atoms with Gasteiger partial charge in [-0.15, -0.1) is 5.10 Å². The Hall–Kier alpha value is -5.17. The number of aryl methyl sites for hydroxylation is 2. The molecule has 0 radical (unpaired) electrons. The number of nitrogens with one attached hydrogen (secondary N) is 2. The lowest BCUT2D eigenvalue weighted by Crippen LogP contribution is -2.39. The van der Waals surface area contributed by atoms with E-state index in [1.807, 2.05) is 6.07 Å². The number of methoxy groups -OCH3 is 2. The molecule has 4 aromatic carbocycles. The largest absolute Gasteiger partial charge is 0.493 e. The number of carbonyl (C=O) groups is 3. The fourth-order valence-corrected chi connectivity index (χ4v) is 7.06. The van der Waals surface area contributed by atoms with Gasteiger partial charge in [0.15, 0.2) is 23.9 Å². The van der Waals surface area contributed by atoms with Crippen LogP contribution in [0.25, 0.3) is 0 Å². The number of hydrogen-bond donors (Lipinski definition) is 2. The van der Waals surface area contributed by atoms with E-state index in [9.17, 15) is 14.4 Å². The number of anilines is 2. The minimum Gasteiger partial charge on any atom is -0.493 e. The zero-order chi connectivity index (χ0) is 40.9. The molecule has 1 heterocycles. The number of ether oxygens (including phenoxy) is 3. The lowest BCUT2D eigenvalue weighted by Gasteiger charge is -2.15. The highest BCUT2D eigenvalue weighted by molar-refractivity contribution is 6.43. The molecule has 1 aliphatic rings. The molecule has 15 heteroatoms. The van der Waals surface area contributed by atoms with Crippen LogP contribution in [-0.2, 0) is 22.4 Å². The van der Waals surface area contributed by atoms with Crippen molar-refractivity contribution in [3.05, 3.63) is 105 Å². The van der Waals surface area contributed by atoms with Crippen LogP contribution in [0.3, 0.4) is 0 Å². The van der Waals surface area contributed by atoms with Gasteiger partial charge in [0.05, 0.1) is 30.0 Å². The standard InChI is InChI=1S/C42H45Cl3N6O6/c1-5-7-9-12-26-16-18-34(27(20-26)13-10-8-6-2)57-25-37(52)46-30-15-11-14-28(21-30)41(53)47-40-38(49-48-31-17-19-35(55-3)36(24-31)56-4)42(54)51(50-40)39-32(44)22-29(43)23-33(39)45/h11,14-24,38H,5-10,12-13,25H2,1-4H3,(H,46,52)(H,47,50,53). The predicted octanol–water partition coefficient (Wildman–Crippen LogP) is 10.4. The first-order chi connectivity index (χ1) is 27.5. The molecule has 0 aliphatic carbocycles. The quantitative estimate of drug-likeness (QED) is 0.0755. The van der Waals surface area contributed by atoms with E-state index in [-0.39, 0.29) is 38.8 Å². The summed E-state index contributed by atoms with van der Waals surface area (Å²) in [5, 5.41) is 19.6. The highest BCUT2D eigenvalue weighted by Gasteiger charge is 2.40. The molecule has 57 heavy (non-hydrogen) atoms. The third-order valence-corrected chi connectivity index (χ3v) is 9.81. The van der Waals surface area contributed by atoms with Gasteiger partial charge < -0.3 is 24.8 Å². The molecule has 0 aromatic heterocycles. The Labute approximate surface area is 347 Å². The molecule has 1 aliphatic heterocycles. The highest BCUT2D eigenvalue weighted by atomic mass is 35.5. The Morgan fingerprint density at radius 3 is 2.21 bits per heavy atom. The van der Waals surface area contributed by atoms with Gasteiger partial charge in [0, 0.05) is 22.3 Å². The maximum absolute atomic E-state index is 13.8. The fourth-order valence-electron chi connectivity index (χ4n) is 6.09. The van der Waals surface area contributed by atoms with E-state index in [1.54, 1.807) is 36.4 Å². The van der Waals surface area contributed by atoms with Crippen molar-refractivity contribution in [1.82, 2.24) is 5.32 Å². The Balaban J connectivity index is 1.31. The van der Waals surface area contributed by atoms with Crippen LogP contribution in [0.15, 0.2) is 88.1 Å². The molecule has 12 nitrogen and oxygen atoms in total. The molecule has 300 valence electrons. The van der Waals surface area contributed by atoms with Crippen LogP contribution in [0.4, 0.5) is 17.1 Å².